The molecule has 1 N–H and O–H groups in total. The number of methoxy groups -OCH3 is 2. The highest BCUT2D eigenvalue weighted by atomic mass is 16.5. The Balaban J connectivity index is 2.31. The van der Waals surface area contributed by atoms with Gasteiger partial charge in [0.2, 0.25) is 0 Å². The minimum Gasteiger partial charge on any atom is -0.497 e. The van der Waals surface area contributed by atoms with Crippen LogP contribution in [0, 0.1) is 5.92 Å². The Morgan fingerprint density at radius 3 is 2.56 bits per heavy atom. The predicted octanol–water partition coefficient (Wildman–Crippen LogP) is 1.11. The predicted molar refractivity (Wildman–Crippen MR) is 60.2 cm³/mol. The maximum absolute atomic E-state index is 12.1. The molecule has 86 valence electrons. The van der Waals surface area contributed by atoms with E-state index < -0.39 is 0 Å². The summed E-state index contributed by atoms with van der Waals surface area (Å²) < 4.78 is 10.3. The Bertz CT molecular complexity index is 399. The largest absolute Gasteiger partial charge is 0.497 e. The van der Waals surface area contributed by atoms with Crippen molar-refractivity contribution in [3.63, 3.8) is 0 Å². The maximum Gasteiger partial charge on any atom is 0.172 e. The summed E-state index contributed by atoms with van der Waals surface area (Å²) in [4.78, 5) is 12.1. The lowest BCUT2D eigenvalue weighted by molar-refractivity contribution is 0.0874. The summed E-state index contributed by atoms with van der Waals surface area (Å²) in [5.74, 6) is 1.48. The van der Waals surface area contributed by atoms with Crippen molar-refractivity contribution in [1.29, 1.82) is 0 Å². The number of hydrogen-bond donors (Lipinski definition) is 1. The lowest BCUT2D eigenvalue weighted by Crippen LogP contribution is -2.46. The van der Waals surface area contributed by atoms with Gasteiger partial charge < -0.3 is 14.8 Å². The first-order valence-electron chi connectivity index (χ1n) is 5.23. The van der Waals surface area contributed by atoms with Crippen molar-refractivity contribution in [2.75, 3.05) is 27.3 Å². The number of Topliss-reactive ketones (excluding diaryl/α,β-unsaturated/α-hetero) is 1. The molecule has 1 saturated heterocycles. The van der Waals surface area contributed by atoms with Crippen LogP contribution in [-0.2, 0) is 0 Å². The van der Waals surface area contributed by atoms with Crippen LogP contribution in [0.25, 0.3) is 0 Å². The van der Waals surface area contributed by atoms with Crippen molar-refractivity contribution in [2.24, 2.45) is 5.92 Å². The normalized spacial score (nSPS) is 15.4. The van der Waals surface area contributed by atoms with Gasteiger partial charge in [0, 0.05) is 19.0 Å². The van der Waals surface area contributed by atoms with Gasteiger partial charge >= 0.3 is 0 Å². The van der Waals surface area contributed by atoms with Crippen molar-refractivity contribution in [2.45, 2.75) is 0 Å². The number of carbonyl (C=O) groups excluding carboxylic acids is 1. The Labute approximate surface area is 94.6 Å². The Morgan fingerprint density at radius 2 is 2.06 bits per heavy atom. The Hall–Kier alpha value is -1.55. The van der Waals surface area contributed by atoms with Crippen LogP contribution in [0.5, 0.6) is 11.5 Å². The molecule has 1 aromatic carbocycles. The molecule has 4 nitrogen and oxygen atoms in total. The summed E-state index contributed by atoms with van der Waals surface area (Å²) in [6, 6.07) is 5.28. The molecule has 1 fully saturated rings. The third-order valence-electron chi connectivity index (χ3n) is 2.82. The second kappa shape index (κ2) is 4.53. The van der Waals surface area contributed by atoms with Crippen LogP contribution in [0.4, 0.5) is 0 Å². The van der Waals surface area contributed by atoms with Gasteiger partial charge in [0.1, 0.15) is 11.5 Å². The first-order valence-corrected chi connectivity index (χ1v) is 5.23. The number of ketones is 1. The van der Waals surface area contributed by atoms with Gasteiger partial charge in [0.25, 0.3) is 0 Å². The second-order valence-electron chi connectivity index (χ2n) is 3.79. The Kier molecular flexibility index (Phi) is 3.10. The number of nitrogens with one attached hydrogen (secondary N) is 1. The van der Waals surface area contributed by atoms with Gasteiger partial charge in [0.05, 0.1) is 19.8 Å². The Morgan fingerprint density at radius 1 is 1.31 bits per heavy atom. The van der Waals surface area contributed by atoms with E-state index in [4.69, 9.17) is 9.47 Å². The van der Waals surface area contributed by atoms with E-state index in [9.17, 15) is 4.79 Å². The van der Waals surface area contributed by atoms with Gasteiger partial charge in [-0.1, -0.05) is 0 Å². The van der Waals surface area contributed by atoms with Crippen LogP contribution in [0.3, 0.4) is 0 Å². The van der Waals surface area contributed by atoms with E-state index in [0.717, 1.165) is 13.1 Å². The molecule has 0 aliphatic carbocycles. The first kappa shape index (κ1) is 11.0. The SMILES string of the molecule is COc1ccc(OC)c(C(=O)C2CNC2)c1. The van der Waals surface area contributed by atoms with Gasteiger partial charge in [-0.3, -0.25) is 4.79 Å². The minimum atomic E-state index is 0.0704. The maximum atomic E-state index is 12.1. The molecule has 0 unspecified atom stereocenters. The van der Waals surface area contributed by atoms with Gasteiger partial charge in [-0.25, -0.2) is 0 Å². The summed E-state index contributed by atoms with van der Waals surface area (Å²) in [5, 5.41) is 3.09. The van der Waals surface area contributed by atoms with Crippen LogP contribution in [-0.4, -0.2) is 33.1 Å². The van der Waals surface area contributed by atoms with Crippen LogP contribution in [0.1, 0.15) is 10.4 Å². The molecule has 1 heterocycles. The van der Waals surface area contributed by atoms with Crippen molar-refractivity contribution in [3.8, 4) is 11.5 Å². The average molecular weight is 221 g/mol. The third-order valence-corrected chi connectivity index (χ3v) is 2.82. The lowest BCUT2D eigenvalue weighted by atomic mass is 9.92. The molecule has 0 radical (unpaired) electrons. The minimum absolute atomic E-state index is 0.0704. The van der Waals surface area contributed by atoms with E-state index in [1.165, 1.54) is 0 Å². The quantitative estimate of drug-likeness (QED) is 0.774. The average Bonchev–Trinajstić information content (AvgIpc) is 2.25. The van der Waals surface area contributed by atoms with Crippen LogP contribution in [0.2, 0.25) is 0 Å². The fraction of sp³-hybridized carbons (Fsp3) is 0.417. The summed E-state index contributed by atoms with van der Waals surface area (Å²) in [7, 11) is 3.15. The zero-order valence-corrected chi connectivity index (χ0v) is 9.45. The molecule has 1 aliphatic rings. The summed E-state index contributed by atoms with van der Waals surface area (Å²) in [6.07, 6.45) is 0. The van der Waals surface area contributed by atoms with Crippen LogP contribution < -0.4 is 14.8 Å². The van der Waals surface area contributed by atoms with E-state index in [2.05, 4.69) is 5.32 Å². The monoisotopic (exact) mass is 221 g/mol. The van der Waals surface area contributed by atoms with E-state index in [0.29, 0.717) is 17.1 Å². The molecular formula is C12H15NO3. The molecule has 0 bridgehead atoms. The first-order chi connectivity index (χ1) is 7.76. The van der Waals surface area contributed by atoms with Crippen molar-refractivity contribution >= 4 is 5.78 Å². The number of ether oxygens (including phenoxy) is 2. The number of hydrogen-bond acceptors (Lipinski definition) is 4. The second-order valence-corrected chi connectivity index (χ2v) is 3.79. The molecule has 4 heteroatoms. The van der Waals surface area contributed by atoms with Crippen LogP contribution in [0.15, 0.2) is 18.2 Å². The molecule has 1 aromatic rings. The number of benzene rings is 1. The molecule has 0 spiro atoms. The van der Waals surface area contributed by atoms with E-state index >= 15 is 0 Å². The summed E-state index contributed by atoms with van der Waals surface area (Å²) in [5.41, 5.74) is 0.605. The molecule has 0 atom stereocenters. The topological polar surface area (TPSA) is 47.6 Å². The number of carbonyl (C=O) groups is 1. The zero-order chi connectivity index (χ0) is 11.5. The molecule has 2 rings (SSSR count). The molecule has 0 aromatic heterocycles. The molecule has 16 heavy (non-hydrogen) atoms. The highest BCUT2D eigenvalue weighted by Crippen LogP contribution is 2.27. The molecule has 1 aliphatic heterocycles. The van der Waals surface area contributed by atoms with Gasteiger partial charge in [-0.05, 0) is 18.2 Å². The summed E-state index contributed by atoms with van der Waals surface area (Å²) in [6.45, 7) is 1.50. The zero-order valence-electron chi connectivity index (χ0n) is 9.45. The van der Waals surface area contributed by atoms with Crippen molar-refractivity contribution in [1.82, 2.24) is 5.32 Å². The fourth-order valence-corrected chi connectivity index (χ4v) is 1.70. The molecule has 0 amide bonds. The summed E-state index contributed by atoms with van der Waals surface area (Å²) >= 11 is 0. The highest BCUT2D eigenvalue weighted by Gasteiger charge is 2.28. The smallest absolute Gasteiger partial charge is 0.172 e. The number of rotatable bonds is 4. The van der Waals surface area contributed by atoms with Crippen LogP contribution >= 0.6 is 0 Å². The molecule has 0 saturated carbocycles. The highest BCUT2D eigenvalue weighted by molar-refractivity contribution is 6.01. The van der Waals surface area contributed by atoms with Gasteiger partial charge in [-0.15, -0.1) is 0 Å². The fourth-order valence-electron chi connectivity index (χ4n) is 1.70. The molecular weight excluding hydrogens is 206 g/mol. The lowest BCUT2D eigenvalue weighted by Gasteiger charge is -2.26. The standard InChI is InChI=1S/C12H15NO3/c1-15-9-3-4-11(16-2)10(5-9)12(14)8-6-13-7-8/h3-5,8,13H,6-7H2,1-2H3. The van der Waals surface area contributed by atoms with E-state index in [1.807, 2.05) is 0 Å². The van der Waals surface area contributed by atoms with Crippen molar-refractivity contribution < 1.29 is 14.3 Å². The van der Waals surface area contributed by atoms with Gasteiger partial charge in [0.15, 0.2) is 5.78 Å². The van der Waals surface area contributed by atoms with Crippen molar-refractivity contribution in [3.05, 3.63) is 23.8 Å². The third kappa shape index (κ3) is 1.88. The van der Waals surface area contributed by atoms with E-state index in [-0.39, 0.29) is 11.7 Å². The van der Waals surface area contributed by atoms with E-state index in [1.54, 1.807) is 32.4 Å². The van der Waals surface area contributed by atoms with Gasteiger partial charge in [-0.2, -0.15) is 0 Å².